The lowest BCUT2D eigenvalue weighted by Crippen LogP contribution is -2.39. The molecule has 1 fully saturated rings. The molecule has 0 amide bonds. The van der Waals surface area contributed by atoms with Crippen LogP contribution in [0.1, 0.15) is 41.6 Å². The highest BCUT2D eigenvalue weighted by Gasteiger charge is 2.36. The van der Waals surface area contributed by atoms with Gasteiger partial charge in [0.1, 0.15) is 11.5 Å². The molecule has 1 aliphatic heterocycles. The van der Waals surface area contributed by atoms with Crippen molar-refractivity contribution in [2.24, 2.45) is 0 Å². The SMILES string of the molecule is COc1ccc([C@@H]2CC(=O)C[C@@H](c3ccccc3)N2Cc2ccccc2)cc1. The maximum absolute atomic E-state index is 12.7. The van der Waals surface area contributed by atoms with Crippen molar-refractivity contribution < 1.29 is 9.53 Å². The molecule has 1 saturated heterocycles. The number of piperidine rings is 1. The zero-order chi connectivity index (χ0) is 19.3. The van der Waals surface area contributed by atoms with Gasteiger partial charge in [-0.25, -0.2) is 0 Å². The number of rotatable bonds is 5. The Morgan fingerprint density at radius 3 is 1.89 bits per heavy atom. The molecule has 0 N–H and O–H groups in total. The van der Waals surface area contributed by atoms with Crippen LogP contribution in [-0.2, 0) is 11.3 Å². The van der Waals surface area contributed by atoms with Crippen LogP contribution in [0.3, 0.4) is 0 Å². The zero-order valence-electron chi connectivity index (χ0n) is 16.1. The molecule has 3 heteroatoms. The van der Waals surface area contributed by atoms with Crippen molar-refractivity contribution in [2.75, 3.05) is 7.11 Å². The van der Waals surface area contributed by atoms with Crippen molar-refractivity contribution in [1.82, 2.24) is 4.90 Å². The lowest BCUT2D eigenvalue weighted by molar-refractivity contribution is -0.126. The van der Waals surface area contributed by atoms with Crippen molar-refractivity contribution in [3.05, 3.63) is 102 Å². The maximum Gasteiger partial charge on any atom is 0.136 e. The molecule has 1 heterocycles. The highest BCUT2D eigenvalue weighted by Crippen LogP contribution is 2.41. The molecule has 0 aliphatic carbocycles. The number of likely N-dealkylation sites (tertiary alicyclic amines) is 1. The summed E-state index contributed by atoms with van der Waals surface area (Å²) >= 11 is 0. The summed E-state index contributed by atoms with van der Waals surface area (Å²) in [5.74, 6) is 1.15. The van der Waals surface area contributed by atoms with Gasteiger partial charge in [0.15, 0.2) is 0 Å². The summed E-state index contributed by atoms with van der Waals surface area (Å²) in [5.41, 5.74) is 3.62. The Morgan fingerprint density at radius 1 is 0.786 bits per heavy atom. The molecule has 28 heavy (non-hydrogen) atoms. The van der Waals surface area contributed by atoms with Gasteiger partial charge in [0.05, 0.1) is 7.11 Å². The molecule has 142 valence electrons. The minimum absolute atomic E-state index is 0.0533. The average Bonchev–Trinajstić information content (AvgIpc) is 2.76. The van der Waals surface area contributed by atoms with Gasteiger partial charge < -0.3 is 4.74 Å². The quantitative estimate of drug-likeness (QED) is 0.606. The Balaban J connectivity index is 1.73. The first-order valence-corrected chi connectivity index (χ1v) is 9.75. The summed E-state index contributed by atoms with van der Waals surface area (Å²) in [6.45, 7) is 0.810. The Labute approximate surface area is 166 Å². The fraction of sp³-hybridized carbons (Fsp3) is 0.240. The number of methoxy groups -OCH3 is 1. The topological polar surface area (TPSA) is 29.5 Å². The minimum atomic E-state index is 0.0533. The Bertz CT molecular complexity index is 906. The molecule has 2 atom stereocenters. The number of hydrogen-bond donors (Lipinski definition) is 0. The smallest absolute Gasteiger partial charge is 0.136 e. The van der Waals surface area contributed by atoms with E-state index in [1.807, 2.05) is 24.3 Å². The number of Topliss-reactive ketones (excluding diaryl/α,β-unsaturated/α-hetero) is 1. The normalized spacial score (nSPS) is 20.1. The van der Waals surface area contributed by atoms with Crippen molar-refractivity contribution in [2.45, 2.75) is 31.5 Å². The molecule has 4 rings (SSSR count). The van der Waals surface area contributed by atoms with Gasteiger partial charge in [0.25, 0.3) is 0 Å². The minimum Gasteiger partial charge on any atom is -0.497 e. The number of carbonyl (C=O) groups is 1. The molecular formula is C25H25NO2. The standard InChI is InChI=1S/C25H25NO2/c1-28-23-14-12-21(13-15-23)25-17-22(27)16-24(20-10-6-3-7-11-20)26(25)18-19-8-4-2-5-9-19/h2-15,24-25H,16-18H2,1H3/t24-,25-/m0/s1. The van der Waals surface area contributed by atoms with E-state index in [9.17, 15) is 4.79 Å². The molecule has 3 aromatic carbocycles. The van der Waals surface area contributed by atoms with Gasteiger partial charge in [0.2, 0.25) is 0 Å². The molecule has 1 aliphatic rings. The van der Waals surface area contributed by atoms with Gasteiger partial charge in [-0.1, -0.05) is 72.8 Å². The van der Waals surface area contributed by atoms with Crippen LogP contribution in [0.25, 0.3) is 0 Å². The number of hydrogen-bond acceptors (Lipinski definition) is 3. The molecule has 0 spiro atoms. The second-order valence-corrected chi connectivity index (χ2v) is 7.32. The van der Waals surface area contributed by atoms with Gasteiger partial charge in [0, 0.05) is 31.5 Å². The summed E-state index contributed by atoms with van der Waals surface area (Å²) in [4.78, 5) is 15.2. The third-order valence-corrected chi connectivity index (χ3v) is 5.54. The van der Waals surface area contributed by atoms with E-state index in [0.29, 0.717) is 18.6 Å². The van der Waals surface area contributed by atoms with Crippen molar-refractivity contribution in [1.29, 1.82) is 0 Å². The van der Waals surface area contributed by atoms with Crippen LogP contribution in [0.4, 0.5) is 0 Å². The van der Waals surface area contributed by atoms with E-state index >= 15 is 0 Å². The summed E-state index contributed by atoms with van der Waals surface area (Å²) < 4.78 is 5.31. The van der Waals surface area contributed by atoms with Crippen molar-refractivity contribution in [3.63, 3.8) is 0 Å². The summed E-state index contributed by atoms with van der Waals surface area (Å²) in [6.07, 6.45) is 1.10. The maximum atomic E-state index is 12.7. The fourth-order valence-electron chi connectivity index (χ4n) is 4.10. The highest BCUT2D eigenvalue weighted by atomic mass is 16.5. The molecule has 0 bridgehead atoms. The Hall–Kier alpha value is -2.91. The Kier molecular flexibility index (Phi) is 5.54. The number of carbonyl (C=O) groups excluding carboxylic acids is 1. The molecule has 0 aromatic heterocycles. The molecule has 3 aromatic rings. The van der Waals surface area contributed by atoms with Crippen LogP contribution in [0.15, 0.2) is 84.9 Å². The van der Waals surface area contributed by atoms with E-state index < -0.39 is 0 Å². The fourth-order valence-corrected chi connectivity index (χ4v) is 4.10. The predicted molar refractivity (Wildman–Crippen MR) is 111 cm³/mol. The van der Waals surface area contributed by atoms with E-state index in [4.69, 9.17) is 4.74 Å². The van der Waals surface area contributed by atoms with Crippen molar-refractivity contribution in [3.8, 4) is 5.75 Å². The van der Waals surface area contributed by atoms with Crippen LogP contribution in [0.5, 0.6) is 5.75 Å². The van der Waals surface area contributed by atoms with Gasteiger partial charge in [-0.15, -0.1) is 0 Å². The largest absolute Gasteiger partial charge is 0.497 e. The van der Waals surface area contributed by atoms with Crippen LogP contribution in [0.2, 0.25) is 0 Å². The lowest BCUT2D eigenvalue weighted by Gasteiger charge is -2.42. The summed E-state index contributed by atoms with van der Waals surface area (Å²) in [6, 6.07) is 29.2. The third kappa shape index (κ3) is 4.00. The zero-order valence-corrected chi connectivity index (χ0v) is 16.1. The van der Waals surface area contributed by atoms with E-state index in [0.717, 1.165) is 17.9 Å². The second-order valence-electron chi connectivity index (χ2n) is 7.32. The first-order valence-electron chi connectivity index (χ1n) is 9.75. The molecule has 0 radical (unpaired) electrons. The number of nitrogens with zero attached hydrogens (tertiary/aromatic N) is 1. The van der Waals surface area contributed by atoms with Gasteiger partial charge in [-0.05, 0) is 28.8 Å². The van der Waals surface area contributed by atoms with Gasteiger partial charge in [-0.3, -0.25) is 9.69 Å². The monoisotopic (exact) mass is 371 g/mol. The summed E-state index contributed by atoms with van der Waals surface area (Å²) in [7, 11) is 1.67. The second kappa shape index (κ2) is 8.41. The van der Waals surface area contributed by atoms with Gasteiger partial charge >= 0.3 is 0 Å². The average molecular weight is 371 g/mol. The first kappa shape index (κ1) is 18.5. The van der Waals surface area contributed by atoms with Crippen molar-refractivity contribution >= 4 is 5.78 Å². The molecule has 3 nitrogen and oxygen atoms in total. The Morgan fingerprint density at radius 2 is 1.32 bits per heavy atom. The van der Waals surface area contributed by atoms with E-state index in [1.165, 1.54) is 11.1 Å². The van der Waals surface area contributed by atoms with Gasteiger partial charge in [-0.2, -0.15) is 0 Å². The van der Waals surface area contributed by atoms with Crippen LogP contribution in [-0.4, -0.2) is 17.8 Å². The number of ether oxygens (including phenoxy) is 1. The molecular weight excluding hydrogens is 346 g/mol. The van der Waals surface area contributed by atoms with Crippen LogP contribution in [0, 0.1) is 0 Å². The van der Waals surface area contributed by atoms with E-state index in [-0.39, 0.29) is 12.1 Å². The number of ketones is 1. The lowest BCUT2D eigenvalue weighted by atomic mass is 9.86. The first-order chi connectivity index (χ1) is 13.7. The molecule has 0 saturated carbocycles. The van der Waals surface area contributed by atoms with Crippen LogP contribution < -0.4 is 4.74 Å². The van der Waals surface area contributed by atoms with E-state index in [2.05, 4.69) is 65.6 Å². The number of benzene rings is 3. The predicted octanol–water partition coefficient (Wildman–Crippen LogP) is 5.34. The summed E-state index contributed by atoms with van der Waals surface area (Å²) in [5, 5.41) is 0. The van der Waals surface area contributed by atoms with Crippen LogP contribution >= 0.6 is 0 Å². The molecule has 0 unspecified atom stereocenters. The third-order valence-electron chi connectivity index (χ3n) is 5.54. The highest BCUT2D eigenvalue weighted by molar-refractivity contribution is 5.81. The van der Waals surface area contributed by atoms with E-state index in [1.54, 1.807) is 7.11 Å².